The molecule has 0 radical (unpaired) electrons. The SMILES string of the molecule is Cc1cc(C(=O)N2CCN(C(=O)[C@@H]3CCCO3)CC2)cs1. The van der Waals surface area contributed by atoms with E-state index < -0.39 is 0 Å². The van der Waals surface area contributed by atoms with E-state index in [2.05, 4.69) is 0 Å². The fourth-order valence-electron chi connectivity index (χ4n) is 2.84. The lowest BCUT2D eigenvalue weighted by molar-refractivity contribution is -0.142. The molecule has 114 valence electrons. The maximum absolute atomic E-state index is 12.4. The van der Waals surface area contributed by atoms with Crippen LogP contribution in [0.4, 0.5) is 0 Å². The fourth-order valence-corrected chi connectivity index (χ4v) is 3.52. The van der Waals surface area contributed by atoms with Gasteiger partial charge in [-0.1, -0.05) is 0 Å². The minimum atomic E-state index is -0.258. The predicted octanol–water partition coefficient (Wildman–Crippen LogP) is 1.52. The molecule has 2 amide bonds. The summed E-state index contributed by atoms with van der Waals surface area (Å²) in [6.45, 7) is 5.10. The van der Waals surface area contributed by atoms with E-state index in [4.69, 9.17) is 4.74 Å². The molecule has 2 fully saturated rings. The molecule has 5 nitrogen and oxygen atoms in total. The minimum absolute atomic E-state index is 0.0727. The highest BCUT2D eigenvalue weighted by atomic mass is 32.1. The van der Waals surface area contributed by atoms with Gasteiger partial charge in [0.15, 0.2) is 0 Å². The van der Waals surface area contributed by atoms with E-state index in [1.165, 1.54) is 0 Å². The van der Waals surface area contributed by atoms with Crippen LogP contribution in [0.15, 0.2) is 11.4 Å². The normalized spacial score (nSPS) is 22.6. The van der Waals surface area contributed by atoms with Gasteiger partial charge in [-0.2, -0.15) is 0 Å². The molecule has 2 aliphatic rings. The monoisotopic (exact) mass is 308 g/mol. The van der Waals surface area contributed by atoms with E-state index in [1.807, 2.05) is 28.2 Å². The summed E-state index contributed by atoms with van der Waals surface area (Å²) in [5.74, 6) is 0.162. The summed E-state index contributed by atoms with van der Waals surface area (Å²) in [7, 11) is 0. The lowest BCUT2D eigenvalue weighted by atomic mass is 10.2. The van der Waals surface area contributed by atoms with E-state index in [-0.39, 0.29) is 17.9 Å². The van der Waals surface area contributed by atoms with Crippen LogP contribution in [0.5, 0.6) is 0 Å². The van der Waals surface area contributed by atoms with Crippen LogP contribution in [0.2, 0.25) is 0 Å². The molecule has 0 unspecified atom stereocenters. The van der Waals surface area contributed by atoms with Crippen molar-refractivity contribution in [1.29, 1.82) is 0 Å². The van der Waals surface area contributed by atoms with E-state index in [0.717, 1.165) is 23.3 Å². The standard InChI is InChI=1S/C15H20N2O3S/c1-11-9-12(10-21-11)14(18)16-4-6-17(7-5-16)15(19)13-3-2-8-20-13/h9-10,13H,2-8H2,1H3/t13-/m0/s1. The maximum Gasteiger partial charge on any atom is 0.254 e. The van der Waals surface area contributed by atoms with Crippen LogP contribution in [0.3, 0.4) is 0 Å². The summed E-state index contributed by atoms with van der Waals surface area (Å²) in [6, 6.07) is 1.93. The first kappa shape index (κ1) is 14.5. The number of amides is 2. The average Bonchev–Trinajstić information content (AvgIpc) is 3.17. The van der Waals surface area contributed by atoms with Crippen molar-refractivity contribution in [3.63, 3.8) is 0 Å². The van der Waals surface area contributed by atoms with Crippen LogP contribution in [-0.4, -0.2) is 60.5 Å². The highest BCUT2D eigenvalue weighted by Gasteiger charge is 2.31. The quantitative estimate of drug-likeness (QED) is 0.832. The van der Waals surface area contributed by atoms with E-state index in [1.54, 1.807) is 11.3 Å². The van der Waals surface area contributed by atoms with Gasteiger partial charge < -0.3 is 14.5 Å². The summed E-state index contributed by atoms with van der Waals surface area (Å²) in [4.78, 5) is 29.4. The number of thiophene rings is 1. The third-order valence-electron chi connectivity index (χ3n) is 4.06. The third-order valence-corrected chi connectivity index (χ3v) is 4.92. The highest BCUT2D eigenvalue weighted by molar-refractivity contribution is 7.10. The van der Waals surface area contributed by atoms with Gasteiger partial charge in [0.25, 0.3) is 11.8 Å². The van der Waals surface area contributed by atoms with E-state index in [0.29, 0.717) is 32.8 Å². The number of rotatable bonds is 2. The van der Waals surface area contributed by atoms with Crippen LogP contribution in [0.1, 0.15) is 28.1 Å². The molecule has 21 heavy (non-hydrogen) atoms. The van der Waals surface area contributed by atoms with Gasteiger partial charge in [-0.05, 0) is 25.8 Å². The van der Waals surface area contributed by atoms with Gasteiger partial charge in [-0.25, -0.2) is 0 Å². The second-order valence-electron chi connectivity index (χ2n) is 5.57. The molecule has 0 aromatic carbocycles. The zero-order valence-electron chi connectivity index (χ0n) is 12.2. The lowest BCUT2D eigenvalue weighted by Crippen LogP contribution is -2.52. The molecule has 0 N–H and O–H groups in total. The molecule has 1 aromatic rings. The molecule has 3 rings (SSSR count). The minimum Gasteiger partial charge on any atom is -0.368 e. The van der Waals surface area contributed by atoms with Crippen LogP contribution < -0.4 is 0 Å². The van der Waals surface area contributed by atoms with Crippen LogP contribution in [0.25, 0.3) is 0 Å². The lowest BCUT2D eigenvalue weighted by Gasteiger charge is -2.35. The van der Waals surface area contributed by atoms with E-state index >= 15 is 0 Å². The Labute approximate surface area is 128 Å². The zero-order chi connectivity index (χ0) is 14.8. The van der Waals surface area contributed by atoms with Crippen molar-refractivity contribution in [2.75, 3.05) is 32.8 Å². The first-order valence-electron chi connectivity index (χ1n) is 7.40. The zero-order valence-corrected chi connectivity index (χ0v) is 13.0. The van der Waals surface area contributed by atoms with Crippen molar-refractivity contribution >= 4 is 23.2 Å². The summed E-state index contributed by atoms with van der Waals surface area (Å²) in [5, 5.41) is 1.90. The highest BCUT2D eigenvalue weighted by Crippen LogP contribution is 2.18. The molecule has 0 spiro atoms. The molecule has 0 saturated carbocycles. The Kier molecular flexibility index (Phi) is 4.26. The molecule has 3 heterocycles. The number of nitrogens with zero attached hydrogens (tertiary/aromatic N) is 2. The number of aryl methyl sites for hydroxylation is 1. The summed E-state index contributed by atoms with van der Waals surface area (Å²) in [5.41, 5.74) is 0.761. The number of carbonyl (C=O) groups excluding carboxylic acids is 2. The molecule has 2 aliphatic heterocycles. The van der Waals surface area contributed by atoms with E-state index in [9.17, 15) is 9.59 Å². The molecule has 1 aromatic heterocycles. The Morgan fingerprint density at radius 1 is 1.24 bits per heavy atom. The molecule has 0 bridgehead atoms. The van der Waals surface area contributed by atoms with Crippen LogP contribution >= 0.6 is 11.3 Å². The van der Waals surface area contributed by atoms with Gasteiger partial charge >= 0.3 is 0 Å². The Hall–Kier alpha value is -1.40. The van der Waals surface area contributed by atoms with Crippen LogP contribution in [0, 0.1) is 6.92 Å². The Balaban J connectivity index is 1.55. The van der Waals surface area contributed by atoms with Crippen molar-refractivity contribution in [2.45, 2.75) is 25.9 Å². The largest absolute Gasteiger partial charge is 0.368 e. The van der Waals surface area contributed by atoms with Crippen molar-refractivity contribution < 1.29 is 14.3 Å². The molecule has 2 saturated heterocycles. The second kappa shape index (κ2) is 6.15. The van der Waals surface area contributed by atoms with Gasteiger partial charge in [0.05, 0.1) is 5.56 Å². The smallest absolute Gasteiger partial charge is 0.254 e. The summed E-state index contributed by atoms with van der Waals surface area (Å²) >= 11 is 1.59. The topological polar surface area (TPSA) is 49.9 Å². The molecule has 6 heteroatoms. The Morgan fingerprint density at radius 3 is 2.52 bits per heavy atom. The Bertz CT molecular complexity index is 529. The number of ether oxygens (including phenoxy) is 1. The molecule has 0 aliphatic carbocycles. The second-order valence-corrected chi connectivity index (χ2v) is 6.68. The Morgan fingerprint density at radius 2 is 1.95 bits per heavy atom. The summed E-state index contributed by atoms with van der Waals surface area (Å²) in [6.07, 6.45) is 1.53. The van der Waals surface area contributed by atoms with Gasteiger partial charge in [0, 0.05) is 43.0 Å². The van der Waals surface area contributed by atoms with Gasteiger partial charge in [0.1, 0.15) is 6.10 Å². The van der Waals surface area contributed by atoms with Crippen molar-refractivity contribution in [3.8, 4) is 0 Å². The van der Waals surface area contributed by atoms with Crippen molar-refractivity contribution in [2.24, 2.45) is 0 Å². The summed E-state index contributed by atoms with van der Waals surface area (Å²) < 4.78 is 5.44. The molecular weight excluding hydrogens is 288 g/mol. The molecular formula is C15H20N2O3S. The third kappa shape index (κ3) is 3.11. The van der Waals surface area contributed by atoms with Gasteiger partial charge in [-0.3, -0.25) is 9.59 Å². The van der Waals surface area contributed by atoms with Crippen LogP contribution in [-0.2, 0) is 9.53 Å². The maximum atomic E-state index is 12.4. The first-order chi connectivity index (χ1) is 10.1. The number of hydrogen-bond acceptors (Lipinski definition) is 4. The predicted molar refractivity (Wildman–Crippen MR) is 80.5 cm³/mol. The van der Waals surface area contributed by atoms with Crippen molar-refractivity contribution in [1.82, 2.24) is 9.80 Å². The van der Waals surface area contributed by atoms with Gasteiger partial charge in [-0.15, -0.1) is 11.3 Å². The number of hydrogen-bond donors (Lipinski definition) is 0. The molecule has 1 atom stereocenters. The number of piperazine rings is 1. The van der Waals surface area contributed by atoms with Crippen molar-refractivity contribution in [3.05, 3.63) is 21.9 Å². The number of carbonyl (C=O) groups is 2. The average molecular weight is 308 g/mol. The fraction of sp³-hybridized carbons (Fsp3) is 0.600. The van der Waals surface area contributed by atoms with Gasteiger partial charge in [0.2, 0.25) is 0 Å². The first-order valence-corrected chi connectivity index (χ1v) is 8.28.